The lowest BCUT2D eigenvalue weighted by Gasteiger charge is -2.38. The van der Waals surface area contributed by atoms with Crippen LogP contribution < -0.4 is 20.3 Å². The van der Waals surface area contributed by atoms with Crippen LogP contribution in [0.2, 0.25) is 0 Å². The second-order valence-electron chi connectivity index (χ2n) is 8.64. The van der Waals surface area contributed by atoms with Crippen molar-refractivity contribution in [2.45, 2.75) is 25.9 Å². The molecule has 1 fully saturated rings. The number of aryl methyl sites for hydroxylation is 1. The van der Waals surface area contributed by atoms with E-state index >= 15 is 0 Å². The summed E-state index contributed by atoms with van der Waals surface area (Å²) in [6.45, 7) is 6.07. The molecular weight excluding hydrogens is 418 g/mol. The van der Waals surface area contributed by atoms with Gasteiger partial charge in [-0.25, -0.2) is 9.97 Å². The van der Waals surface area contributed by atoms with Crippen LogP contribution >= 0.6 is 0 Å². The summed E-state index contributed by atoms with van der Waals surface area (Å²) in [6, 6.07) is 10.4. The largest absolute Gasteiger partial charge is 0.467 e. The van der Waals surface area contributed by atoms with E-state index in [1.165, 1.54) is 7.11 Å². The number of hydrogen-bond acceptors (Lipinski definition) is 7. The van der Waals surface area contributed by atoms with Crippen molar-refractivity contribution in [2.75, 3.05) is 30.4 Å². The van der Waals surface area contributed by atoms with Gasteiger partial charge in [-0.15, -0.1) is 0 Å². The number of piperazine rings is 1. The lowest BCUT2D eigenvalue weighted by Crippen LogP contribution is -2.54. The maximum atomic E-state index is 13.3. The van der Waals surface area contributed by atoms with Crippen molar-refractivity contribution in [3.05, 3.63) is 48.4 Å². The molecule has 9 heteroatoms. The van der Waals surface area contributed by atoms with Crippen LogP contribution in [0, 0.1) is 0 Å². The molecule has 0 radical (unpaired) electrons. The van der Waals surface area contributed by atoms with Crippen molar-refractivity contribution in [1.82, 2.24) is 24.8 Å². The van der Waals surface area contributed by atoms with E-state index in [0.717, 1.165) is 35.2 Å². The predicted molar refractivity (Wildman–Crippen MR) is 129 cm³/mol. The van der Waals surface area contributed by atoms with Crippen LogP contribution in [0.1, 0.15) is 24.2 Å². The molecule has 2 aromatic carbocycles. The number of aromatic nitrogens is 4. The fraction of sp³-hybridized carbons (Fsp3) is 0.333. The van der Waals surface area contributed by atoms with Gasteiger partial charge in [0.05, 0.1) is 35.6 Å². The van der Waals surface area contributed by atoms with Gasteiger partial charge in [0.2, 0.25) is 0 Å². The third-order valence-electron chi connectivity index (χ3n) is 6.01. The molecule has 170 valence electrons. The standard InChI is InChI=1S/C24H27N7O2/c1-14-11-31(12-15(2)27-14)20-8-6-17(22-18(20)10-25-24(29-22)33-4)23(32)28-16-5-7-21-19(9-16)26-13-30(21)3/h5-10,13-15,27H,11-12H2,1-4H3,(H,28,32)/t14-,15+. The number of anilines is 2. The van der Waals surface area contributed by atoms with Crippen LogP contribution in [-0.4, -0.2) is 57.7 Å². The molecule has 2 aromatic heterocycles. The Hall–Kier alpha value is -3.72. The summed E-state index contributed by atoms with van der Waals surface area (Å²) in [4.78, 5) is 28.9. The van der Waals surface area contributed by atoms with Crippen molar-refractivity contribution >= 4 is 39.2 Å². The Morgan fingerprint density at radius 2 is 1.94 bits per heavy atom. The highest BCUT2D eigenvalue weighted by Crippen LogP contribution is 2.31. The van der Waals surface area contributed by atoms with Crippen molar-refractivity contribution in [2.24, 2.45) is 7.05 Å². The first kappa shape index (κ1) is 21.1. The van der Waals surface area contributed by atoms with Gasteiger partial charge in [0, 0.05) is 55.2 Å². The van der Waals surface area contributed by atoms with Gasteiger partial charge in [0.1, 0.15) is 0 Å². The first-order chi connectivity index (χ1) is 15.9. The Bertz CT molecular complexity index is 1340. The number of carbonyl (C=O) groups excluding carboxylic acids is 1. The van der Waals surface area contributed by atoms with E-state index in [1.54, 1.807) is 12.5 Å². The summed E-state index contributed by atoms with van der Waals surface area (Å²) in [7, 11) is 3.46. The van der Waals surface area contributed by atoms with Crippen molar-refractivity contribution in [3.8, 4) is 6.01 Å². The summed E-state index contributed by atoms with van der Waals surface area (Å²) >= 11 is 0. The average molecular weight is 446 g/mol. The molecule has 3 heterocycles. The summed E-state index contributed by atoms with van der Waals surface area (Å²) < 4.78 is 7.20. The van der Waals surface area contributed by atoms with Gasteiger partial charge in [0.25, 0.3) is 5.91 Å². The van der Waals surface area contributed by atoms with Crippen molar-refractivity contribution in [1.29, 1.82) is 0 Å². The molecule has 0 bridgehead atoms. The van der Waals surface area contributed by atoms with Gasteiger partial charge < -0.3 is 24.8 Å². The highest BCUT2D eigenvalue weighted by atomic mass is 16.5. The second kappa shape index (κ2) is 8.32. The molecule has 1 aliphatic heterocycles. The molecule has 1 saturated heterocycles. The van der Waals surface area contributed by atoms with Crippen molar-refractivity contribution < 1.29 is 9.53 Å². The first-order valence-corrected chi connectivity index (χ1v) is 11.0. The summed E-state index contributed by atoms with van der Waals surface area (Å²) in [5.74, 6) is -0.246. The molecule has 2 atom stereocenters. The van der Waals surface area contributed by atoms with E-state index in [9.17, 15) is 4.79 Å². The second-order valence-corrected chi connectivity index (χ2v) is 8.64. The lowest BCUT2D eigenvalue weighted by atomic mass is 10.0. The molecule has 1 aliphatic rings. The average Bonchev–Trinajstić information content (AvgIpc) is 3.17. The SMILES string of the molecule is COc1ncc2c(N3C[C@@H](C)N[C@@H](C)C3)ccc(C(=O)Nc3ccc4c(c3)ncn4C)c2n1. The van der Waals surface area contributed by atoms with Crippen LogP contribution in [-0.2, 0) is 7.05 Å². The Balaban J connectivity index is 1.53. The Labute approximate surface area is 191 Å². The van der Waals surface area contributed by atoms with Gasteiger partial charge in [-0.2, -0.15) is 4.98 Å². The third kappa shape index (κ3) is 3.95. The topological polar surface area (TPSA) is 97.2 Å². The number of fused-ring (bicyclic) bond motifs is 2. The molecule has 5 rings (SSSR count). The van der Waals surface area contributed by atoms with Gasteiger partial charge in [-0.3, -0.25) is 4.79 Å². The Morgan fingerprint density at radius 1 is 1.15 bits per heavy atom. The number of rotatable bonds is 4. The van der Waals surface area contributed by atoms with Crippen LogP contribution in [0.4, 0.5) is 11.4 Å². The molecule has 0 saturated carbocycles. The molecule has 0 spiro atoms. The van der Waals surface area contributed by atoms with Gasteiger partial charge in [-0.05, 0) is 44.2 Å². The minimum atomic E-state index is -0.246. The molecule has 0 aliphatic carbocycles. The molecule has 4 aromatic rings. The first-order valence-electron chi connectivity index (χ1n) is 11.0. The Kier molecular flexibility index (Phi) is 5.33. The maximum absolute atomic E-state index is 13.3. The minimum Gasteiger partial charge on any atom is -0.467 e. The minimum absolute atomic E-state index is 0.227. The zero-order valence-corrected chi connectivity index (χ0v) is 19.2. The van der Waals surface area contributed by atoms with Gasteiger partial charge in [0.15, 0.2) is 0 Å². The maximum Gasteiger partial charge on any atom is 0.316 e. The van der Waals surface area contributed by atoms with Gasteiger partial charge >= 0.3 is 6.01 Å². The fourth-order valence-corrected chi connectivity index (χ4v) is 4.58. The number of benzene rings is 2. The third-order valence-corrected chi connectivity index (χ3v) is 6.01. The number of carbonyl (C=O) groups is 1. The normalized spacial score (nSPS) is 18.6. The Morgan fingerprint density at radius 3 is 2.70 bits per heavy atom. The summed E-state index contributed by atoms with van der Waals surface area (Å²) in [6.07, 6.45) is 3.49. The number of nitrogens with one attached hydrogen (secondary N) is 2. The summed E-state index contributed by atoms with van der Waals surface area (Å²) in [5, 5.41) is 7.37. The molecule has 2 N–H and O–H groups in total. The van der Waals surface area contributed by atoms with E-state index in [4.69, 9.17) is 4.74 Å². The van der Waals surface area contributed by atoms with Crippen LogP contribution in [0.15, 0.2) is 42.9 Å². The number of nitrogens with zero attached hydrogens (tertiary/aromatic N) is 5. The van der Waals surface area contributed by atoms with Crippen LogP contribution in [0.3, 0.4) is 0 Å². The number of amides is 1. The monoisotopic (exact) mass is 445 g/mol. The highest BCUT2D eigenvalue weighted by Gasteiger charge is 2.24. The smallest absolute Gasteiger partial charge is 0.316 e. The van der Waals surface area contributed by atoms with Crippen LogP contribution in [0.5, 0.6) is 6.01 Å². The zero-order chi connectivity index (χ0) is 23.1. The quantitative estimate of drug-likeness (QED) is 0.498. The van der Waals surface area contributed by atoms with Crippen LogP contribution in [0.25, 0.3) is 21.9 Å². The van der Waals surface area contributed by atoms with E-state index in [1.807, 2.05) is 41.9 Å². The number of hydrogen-bond donors (Lipinski definition) is 2. The molecule has 0 unspecified atom stereocenters. The highest BCUT2D eigenvalue weighted by molar-refractivity contribution is 6.14. The molecule has 1 amide bonds. The molecule has 33 heavy (non-hydrogen) atoms. The van der Waals surface area contributed by atoms with E-state index in [0.29, 0.717) is 28.9 Å². The lowest BCUT2D eigenvalue weighted by molar-refractivity contribution is 0.102. The van der Waals surface area contributed by atoms with E-state index in [2.05, 4.69) is 44.3 Å². The fourth-order valence-electron chi connectivity index (χ4n) is 4.58. The molecular formula is C24H27N7O2. The number of methoxy groups -OCH3 is 1. The predicted octanol–water partition coefficient (Wildman–Crippen LogP) is 2.96. The van der Waals surface area contributed by atoms with Gasteiger partial charge in [-0.1, -0.05) is 0 Å². The van der Waals surface area contributed by atoms with E-state index < -0.39 is 0 Å². The zero-order valence-electron chi connectivity index (χ0n) is 19.2. The number of imidazole rings is 1. The van der Waals surface area contributed by atoms with Crippen molar-refractivity contribution in [3.63, 3.8) is 0 Å². The number of ether oxygens (including phenoxy) is 1. The molecule has 9 nitrogen and oxygen atoms in total. The summed E-state index contributed by atoms with van der Waals surface area (Å²) in [5.41, 5.74) is 4.54. The van der Waals surface area contributed by atoms with E-state index in [-0.39, 0.29) is 11.9 Å².